The van der Waals surface area contributed by atoms with Crippen molar-refractivity contribution in [1.29, 1.82) is 0 Å². The van der Waals surface area contributed by atoms with E-state index in [-0.39, 0.29) is 5.91 Å². The average molecular weight is 269 g/mol. The third-order valence-corrected chi connectivity index (χ3v) is 3.29. The summed E-state index contributed by atoms with van der Waals surface area (Å²) in [5.41, 5.74) is 3.95. The molecule has 1 N–H and O–H groups in total. The first-order chi connectivity index (χ1) is 9.49. The Hall–Kier alpha value is -2.23. The second-order valence-electron chi connectivity index (χ2n) is 5.15. The lowest BCUT2D eigenvalue weighted by atomic mass is 10.0. The molecule has 1 heterocycles. The number of nitrogens with one attached hydrogen (secondary N) is 1. The van der Waals surface area contributed by atoms with E-state index >= 15 is 0 Å². The van der Waals surface area contributed by atoms with E-state index in [9.17, 15) is 4.79 Å². The molecule has 0 aliphatic rings. The van der Waals surface area contributed by atoms with E-state index in [0.29, 0.717) is 22.9 Å². The highest BCUT2D eigenvalue weighted by atomic mass is 16.1. The maximum atomic E-state index is 12.3. The number of nitrogens with zero attached hydrogens (tertiary/aromatic N) is 2. The number of aromatic nitrogens is 2. The van der Waals surface area contributed by atoms with Gasteiger partial charge in [-0.3, -0.25) is 4.79 Å². The van der Waals surface area contributed by atoms with Gasteiger partial charge in [-0.2, -0.15) is 0 Å². The van der Waals surface area contributed by atoms with Crippen LogP contribution in [0.25, 0.3) is 0 Å². The van der Waals surface area contributed by atoms with Crippen molar-refractivity contribution in [1.82, 2.24) is 9.97 Å². The number of anilines is 1. The lowest BCUT2D eigenvalue weighted by molar-refractivity contribution is 0.102. The van der Waals surface area contributed by atoms with Crippen LogP contribution >= 0.6 is 0 Å². The van der Waals surface area contributed by atoms with Crippen molar-refractivity contribution in [2.24, 2.45) is 0 Å². The minimum Gasteiger partial charge on any atom is -0.322 e. The Morgan fingerprint density at radius 1 is 1.05 bits per heavy atom. The summed E-state index contributed by atoms with van der Waals surface area (Å²) in [5, 5.41) is 2.89. The molecule has 2 aromatic rings. The first-order valence-corrected chi connectivity index (χ1v) is 6.68. The van der Waals surface area contributed by atoms with Gasteiger partial charge in [-0.15, -0.1) is 0 Å². The van der Waals surface area contributed by atoms with Crippen LogP contribution in [0.15, 0.2) is 30.6 Å². The number of rotatable bonds is 3. The Morgan fingerprint density at radius 2 is 1.60 bits per heavy atom. The van der Waals surface area contributed by atoms with Crippen molar-refractivity contribution in [3.63, 3.8) is 0 Å². The van der Waals surface area contributed by atoms with Gasteiger partial charge in [-0.05, 0) is 37.5 Å². The SMILES string of the molecule is Cc1ncnc(C)c1C(=O)Nc1ccc(C(C)C)cc1. The summed E-state index contributed by atoms with van der Waals surface area (Å²) in [6, 6.07) is 7.90. The molecule has 4 nitrogen and oxygen atoms in total. The van der Waals surface area contributed by atoms with Crippen molar-refractivity contribution in [3.05, 3.63) is 53.1 Å². The molecule has 0 aliphatic carbocycles. The van der Waals surface area contributed by atoms with Gasteiger partial charge in [-0.25, -0.2) is 9.97 Å². The van der Waals surface area contributed by atoms with Crippen LogP contribution in [0.5, 0.6) is 0 Å². The molecule has 4 heteroatoms. The number of carbonyl (C=O) groups is 1. The summed E-state index contributed by atoms with van der Waals surface area (Å²) in [4.78, 5) is 20.4. The molecule has 0 atom stereocenters. The van der Waals surface area contributed by atoms with Gasteiger partial charge >= 0.3 is 0 Å². The molecule has 0 saturated carbocycles. The zero-order valence-electron chi connectivity index (χ0n) is 12.3. The second kappa shape index (κ2) is 5.82. The smallest absolute Gasteiger partial charge is 0.259 e. The topological polar surface area (TPSA) is 54.9 Å². The molecule has 1 aromatic heterocycles. The highest BCUT2D eigenvalue weighted by Crippen LogP contribution is 2.18. The summed E-state index contributed by atoms with van der Waals surface area (Å²) < 4.78 is 0. The summed E-state index contributed by atoms with van der Waals surface area (Å²) >= 11 is 0. The van der Waals surface area contributed by atoms with E-state index in [1.807, 2.05) is 38.1 Å². The number of hydrogen-bond donors (Lipinski definition) is 1. The normalized spacial score (nSPS) is 10.7. The monoisotopic (exact) mass is 269 g/mol. The Bertz CT molecular complexity index is 598. The highest BCUT2D eigenvalue weighted by molar-refractivity contribution is 6.05. The number of hydrogen-bond acceptors (Lipinski definition) is 3. The quantitative estimate of drug-likeness (QED) is 0.928. The van der Waals surface area contributed by atoms with Crippen molar-refractivity contribution in [2.45, 2.75) is 33.6 Å². The van der Waals surface area contributed by atoms with E-state index in [2.05, 4.69) is 29.1 Å². The fourth-order valence-electron chi connectivity index (χ4n) is 2.07. The van der Waals surface area contributed by atoms with Crippen LogP contribution in [0, 0.1) is 13.8 Å². The Labute approximate surface area is 119 Å². The largest absolute Gasteiger partial charge is 0.322 e. The van der Waals surface area contributed by atoms with Gasteiger partial charge in [-0.1, -0.05) is 26.0 Å². The summed E-state index contributed by atoms with van der Waals surface area (Å²) in [6.45, 7) is 7.90. The maximum absolute atomic E-state index is 12.3. The third kappa shape index (κ3) is 3.02. The van der Waals surface area contributed by atoms with Gasteiger partial charge in [0.25, 0.3) is 5.91 Å². The lowest BCUT2D eigenvalue weighted by Crippen LogP contribution is -2.16. The van der Waals surface area contributed by atoms with Gasteiger partial charge in [0.1, 0.15) is 6.33 Å². The van der Waals surface area contributed by atoms with Crippen LogP contribution in [0.4, 0.5) is 5.69 Å². The molecular formula is C16H19N3O. The predicted octanol–water partition coefficient (Wildman–Crippen LogP) is 3.47. The number of aryl methyl sites for hydroxylation is 2. The van der Waals surface area contributed by atoms with Crippen LogP contribution < -0.4 is 5.32 Å². The van der Waals surface area contributed by atoms with Gasteiger partial charge in [0.2, 0.25) is 0 Å². The molecule has 0 saturated heterocycles. The Morgan fingerprint density at radius 3 is 2.10 bits per heavy atom. The van der Waals surface area contributed by atoms with Gasteiger partial charge in [0.15, 0.2) is 0 Å². The number of benzene rings is 1. The van der Waals surface area contributed by atoms with Gasteiger partial charge in [0, 0.05) is 5.69 Å². The zero-order chi connectivity index (χ0) is 14.7. The zero-order valence-corrected chi connectivity index (χ0v) is 12.3. The van der Waals surface area contributed by atoms with Crippen LogP contribution in [0.2, 0.25) is 0 Å². The second-order valence-corrected chi connectivity index (χ2v) is 5.15. The summed E-state index contributed by atoms with van der Waals surface area (Å²) in [7, 11) is 0. The average Bonchev–Trinajstić information content (AvgIpc) is 2.39. The fraction of sp³-hybridized carbons (Fsp3) is 0.312. The minimum absolute atomic E-state index is 0.169. The molecule has 0 radical (unpaired) electrons. The summed E-state index contributed by atoms with van der Waals surface area (Å²) in [5.74, 6) is 0.310. The maximum Gasteiger partial charge on any atom is 0.259 e. The molecule has 0 spiro atoms. The van der Waals surface area contributed by atoms with E-state index in [1.165, 1.54) is 11.9 Å². The van der Waals surface area contributed by atoms with Crippen LogP contribution in [-0.2, 0) is 0 Å². The molecule has 104 valence electrons. The molecular weight excluding hydrogens is 250 g/mol. The number of amides is 1. The lowest BCUT2D eigenvalue weighted by Gasteiger charge is -2.10. The summed E-state index contributed by atoms with van der Waals surface area (Å²) in [6.07, 6.45) is 1.47. The number of carbonyl (C=O) groups excluding carboxylic acids is 1. The molecule has 0 fully saturated rings. The Balaban J connectivity index is 2.19. The Kier molecular flexibility index (Phi) is 4.13. The fourth-order valence-corrected chi connectivity index (χ4v) is 2.07. The van der Waals surface area contributed by atoms with E-state index in [4.69, 9.17) is 0 Å². The van der Waals surface area contributed by atoms with E-state index in [0.717, 1.165) is 5.69 Å². The van der Waals surface area contributed by atoms with Gasteiger partial charge in [0.05, 0.1) is 17.0 Å². The molecule has 0 aliphatic heterocycles. The molecule has 2 rings (SSSR count). The molecule has 1 amide bonds. The van der Waals surface area contributed by atoms with Crippen molar-refractivity contribution < 1.29 is 4.79 Å². The van der Waals surface area contributed by atoms with E-state index in [1.54, 1.807) is 0 Å². The predicted molar refractivity (Wildman–Crippen MR) is 80.0 cm³/mol. The molecule has 1 aromatic carbocycles. The van der Waals surface area contributed by atoms with Crippen molar-refractivity contribution >= 4 is 11.6 Å². The highest BCUT2D eigenvalue weighted by Gasteiger charge is 2.14. The van der Waals surface area contributed by atoms with Crippen LogP contribution in [0.1, 0.15) is 47.1 Å². The van der Waals surface area contributed by atoms with Crippen LogP contribution in [-0.4, -0.2) is 15.9 Å². The first-order valence-electron chi connectivity index (χ1n) is 6.68. The minimum atomic E-state index is -0.169. The van der Waals surface area contributed by atoms with Crippen molar-refractivity contribution in [3.8, 4) is 0 Å². The van der Waals surface area contributed by atoms with Crippen molar-refractivity contribution in [2.75, 3.05) is 5.32 Å². The standard InChI is InChI=1S/C16H19N3O/c1-10(2)13-5-7-14(8-6-13)19-16(20)15-11(3)17-9-18-12(15)4/h5-10H,1-4H3,(H,19,20). The third-order valence-electron chi connectivity index (χ3n) is 3.29. The molecule has 0 unspecified atom stereocenters. The van der Waals surface area contributed by atoms with Crippen LogP contribution in [0.3, 0.4) is 0 Å². The molecule has 20 heavy (non-hydrogen) atoms. The first kappa shape index (κ1) is 14.2. The molecule has 0 bridgehead atoms. The van der Waals surface area contributed by atoms with E-state index < -0.39 is 0 Å². The van der Waals surface area contributed by atoms with Gasteiger partial charge < -0.3 is 5.32 Å².